The molecule has 0 saturated carbocycles. The van der Waals surface area contributed by atoms with E-state index in [0.29, 0.717) is 18.8 Å². The Hall–Kier alpha value is -1.64. The van der Waals surface area contributed by atoms with Crippen LogP contribution in [0.15, 0.2) is 29.2 Å². The van der Waals surface area contributed by atoms with Gasteiger partial charge < -0.3 is 15.1 Å². The molecule has 0 unspecified atom stereocenters. The van der Waals surface area contributed by atoms with Crippen molar-refractivity contribution in [2.45, 2.75) is 17.7 Å². The highest BCUT2D eigenvalue weighted by atomic mass is 32.2. The number of benzene rings is 1. The molecule has 3 rings (SSSR count). The summed E-state index contributed by atoms with van der Waals surface area (Å²) in [6, 6.07) is 6.30. The molecule has 7 nitrogen and oxygen atoms in total. The standard InChI is InChI=1S/C16H24N4O3S/c1-18-10-12-20(13-11-18)24(22,23)15-6-4-14(5-7-15)17-16(21)19-8-2-3-9-19/h4-7H,2-3,8-13H2,1H3,(H,17,21). The van der Waals surface area contributed by atoms with Crippen molar-refractivity contribution in [1.29, 1.82) is 0 Å². The molecule has 0 aliphatic carbocycles. The average molecular weight is 352 g/mol. The molecule has 2 aliphatic heterocycles. The molecule has 1 aromatic carbocycles. The molecule has 2 amide bonds. The van der Waals surface area contributed by atoms with Crippen molar-refractivity contribution in [3.63, 3.8) is 0 Å². The minimum atomic E-state index is -3.46. The lowest BCUT2D eigenvalue weighted by Crippen LogP contribution is -2.46. The van der Waals surface area contributed by atoms with E-state index >= 15 is 0 Å². The van der Waals surface area contributed by atoms with Gasteiger partial charge in [0.25, 0.3) is 0 Å². The van der Waals surface area contributed by atoms with Gasteiger partial charge >= 0.3 is 6.03 Å². The van der Waals surface area contributed by atoms with Gasteiger partial charge in [0.15, 0.2) is 0 Å². The molecular formula is C16H24N4O3S. The smallest absolute Gasteiger partial charge is 0.321 e. The predicted molar refractivity (Wildman–Crippen MR) is 92.5 cm³/mol. The van der Waals surface area contributed by atoms with Crippen LogP contribution in [0, 0.1) is 0 Å². The Kier molecular flexibility index (Phi) is 5.07. The monoisotopic (exact) mass is 352 g/mol. The highest BCUT2D eigenvalue weighted by Gasteiger charge is 2.27. The number of hydrogen-bond acceptors (Lipinski definition) is 4. The van der Waals surface area contributed by atoms with Gasteiger partial charge in [0.05, 0.1) is 4.90 Å². The first kappa shape index (κ1) is 17.2. The van der Waals surface area contributed by atoms with E-state index in [1.807, 2.05) is 7.05 Å². The number of hydrogen-bond donors (Lipinski definition) is 1. The maximum Gasteiger partial charge on any atom is 0.321 e. The molecule has 132 valence electrons. The Bertz CT molecular complexity index is 676. The number of likely N-dealkylation sites (N-methyl/N-ethyl adjacent to an activating group) is 1. The third-order valence-electron chi connectivity index (χ3n) is 4.60. The van der Waals surface area contributed by atoms with Crippen molar-refractivity contribution in [3.05, 3.63) is 24.3 Å². The number of carbonyl (C=O) groups is 1. The number of amides is 2. The molecular weight excluding hydrogens is 328 g/mol. The van der Waals surface area contributed by atoms with Gasteiger partial charge in [0.1, 0.15) is 0 Å². The van der Waals surface area contributed by atoms with Crippen LogP contribution in [0.1, 0.15) is 12.8 Å². The molecule has 0 spiro atoms. The minimum absolute atomic E-state index is 0.123. The van der Waals surface area contributed by atoms with E-state index in [1.54, 1.807) is 29.2 Å². The zero-order valence-corrected chi connectivity index (χ0v) is 14.8. The maximum atomic E-state index is 12.6. The van der Waals surface area contributed by atoms with Crippen molar-refractivity contribution in [2.24, 2.45) is 0 Å². The first-order chi connectivity index (χ1) is 11.5. The Morgan fingerprint density at radius 2 is 1.54 bits per heavy atom. The Morgan fingerprint density at radius 3 is 2.12 bits per heavy atom. The van der Waals surface area contributed by atoms with Gasteiger partial charge in [-0.05, 0) is 44.2 Å². The SMILES string of the molecule is CN1CCN(S(=O)(=O)c2ccc(NC(=O)N3CCCC3)cc2)CC1. The van der Waals surface area contributed by atoms with E-state index in [9.17, 15) is 13.2 Å². The molecule has 0 bridgehead atoms. The number of nitrogens with one attached hydrogen (secondary N) is 1. The number of piperazine rings is 1. The number of nitrogens with zero attached hydrogens (tertiary/aromatic N) is 3. The summed E-state index contributed by atoms with van der Waals surface area (Å²) in [5.74, 6) is 0. The Labute approximate surface area is 143 Å². The molecule has 0 aromatic heterocycles. The quantitative estimate of drug-likeness (QED) is 0.889. The topological polar surface area (TPSA) is 73.0 Å². The van der Waals surface area contributed by atoms with E-state index in [2.05, 4.69) is 10.2 Å². The minimum Gasteiger partial charge on any atom is -0.325 e. The highest BCUT2D eigenvalue weighted by Crippen LogP contribution is 2.20. The number of anilines is 1. The number of likely N-dealkylation sites (tertiary alicyclic amines) is 1. The summed E-state index contributed by atoms with van der Waals surface area (Å²) in [6.07, 6.45) is 2.07. The molecule has 24 heavy (non-hydrogen) atoms. The second kappa shape index (κ2) is 7.08. The van der Waals surface area contributed by atoms with Crippen LogP contribution in [0.4, 0.5) is 10.5 Å². The van der Waals surface area contributed by atoms with Crippen molar-refractivity contribution in [3.8, 4) is 0 Å². The van der Waals surface area contributed by atoms with Crippen molar-refractivity contribution >= 4 is 21.7 Å². The average Bonchev–Trinajstić information content (AvgIpc) is 3.10. The van der Waals surface area contributed by atoms with Crippen LogP contribution in [0.2, 0.25) is 0 Å². The fraction of sp³-hybridized carbons (Fsp3) is 0.562. The molecule has 0 radical (unpaired) electrons. The second-order valence-corrected chi connectivity index (χ2v) is 8.29. The molecule has 2 fully saturated rings. The summed E-state index contributed by atoms with van der Waals surface area (Å²) >= 11 is 0. The van der Waals surface area contributed by atoms with Gasteiger partial charge in [0.2, 0.25) is 10.0 Å². The molecule has 2 aliphatic rings. The van der Waals surface area contributed by atoms with Crippen LogP contribution in [0.3, 0.4) is 0 Å². The molecule has 1 N–H and O–H groups in total. The van der Waals surface area contributed by atoms with Gasteiger partial charge in [-0.25, -0.2) is 13.2 Å². The van der Waals surface area contributed by atoms with Gasteiger partial charge in [-0.15, -0.1) is 0 Å². The molecule has 2 saturated heterocycles. The van der Waals surface area contributed by atoms with E-state index in [-0.39, 0.29) is 10.9 Å². The third kappa shape index (κ3) is 3.71. The maximum absolute atomic E-state index is 12.6. The summed E-state index contributed by atoms with van der Waals surface area (Å²) in [7, 11) is -1.47. The van der Waals surface area contributed by atoms with Gasteiger partial charge in [-0.1, -0.05) is 0 Å². The van der Waals surface area contributed by atoms with E-state index < -0.39 is 10.0 Å². The van der Waals surface area contributed by atoms with E-state index in [0.717, 1.165) is 39.0 Å². The number of sulfonamides is 1. The van der Waals surface area contributed by atoms with Crippen LogP contribution in [0.25, 0.3) is 0 Å². The highest BCUT2D eigenvalue weighted by molar-refractivity contribution is 7.89. The van der Waals surface area contributed by atoms with Gasteiger partial charge in [0, 0.05) is 45.0 Å². The molecule has 2 heterocycles. The molecule has 0 atom stereocenters. The van der Waals surface area contributed by atoms with Crippen molar-refractivity contribution in [2.75, 3.05) is 51.6 Å². The molecule has 8 heteroatoms. The number of rotatable bonds is 3. The second-order valence-electron chi connectivity index (χ2n) is 6.36. The predicted octanol–water partition coefficient (Wildman–Crippen LogP) is 1.25. The third-order valence-corrected chi connectivity index (χ3v) is 6.51. The van der Waals surface area contributed by atoms with Crippen molar-refractivity contribution < 1.29 is 13.2 Å². The number of carbonyl (C=O) groups excluding carboxylic acids is 1. The lowest BCUT2D eigenvalue weighted by Gasteiger charge is -2.31. The first-order valence-electron chi connectivity index (χ1n) is 8.31. The van der Waals surface area contributed by atoms with Crippen LogP contribution < -0.4 is 5.32 Å². The van der Waals surface area contributed by atoms with Crippen molar-refractivity contribution in [1.82, 2.24) is 14.1 Å². The van der Waals surface area contributed by atoms with Crippen LogP contribution in [-0.4, -0.2) is 74.9 Å². The fourth-order valence-corrected chi connectivity index (χ4v) is 4.43. The Balaban J connectivity index is 1.66. The largest absolute Gasteiger partial charge is 0.325 e. The van der Waals surface area contributed by atoms with Crippen LogP contribution in [-0.2, 0) is 10.0 Å². The van der Waals surface area contributed by atoms with Crippen LogP contribution >= 0.6 is 0 Å². The zero-order chi connectivity index (χ0) is 17.2. The summed E-state index contributed by atoms with van der Waals surface area (Å²) in [4.78, 5) is 16.2. The lowest BCUT2D eigenvalue weighted by atomic mass is 10.3. The summed E-state index contributed by atoms with van der Waals surface area (Å²) in [5.41, 5.74) is 0.615. The van der Waals surface area contributed by atoms with E-state index in [4.69, 9.17) is 0 Å². The first-order valence-corrected chi connectivity index (χ1v) is 9.75. The molecule has 1 aromatic rings. The normalized spacial score (nSPS) is 20.3. The van der Waals surface area contributed by atoms with E-state index in [1.165, 1.54) is 4.31 Å². The number of urea groups is 1. The summed E-state index contributed by atoms with van der Waals surface area (Å²) in [5, 5.41) is 2.82. The van der Waals surface area contributed by atoms with Gasteiger partial charge in [-0.3, -0.25) is 0 Å². The summed E-state index contributed by atoms with van der Waals surface area (Å²) < 4.78 is 26.8. The van der Waals surface area contributed by atoms with Crippen LogP contribution in [0.5, 0.6) is 0 Å². The fourth-order valence-electron chi connectivity index (χ4n) is 3.01. The Morgan fingerprint density at radius 1 is 0.958 bits per heavy atom. The van der Waals surface area contributed by atoms with Gasteiger partial charge in [-0.2, -0.15) is 4.31 Å². The summed E-state index contributed by atoms with van der Waals surface area (Å²) in [6.45, 7) is 4.05. The lowest BCUT2D eigenvalue weighted by molar-refractivity contribution is 0.222. The zero-order valence-electron chi connectivity index (χ0n) is 13.9.